The third-order valence-electron chi connectivity index (χ3n) is 4.94. The number of carbonyl (C=O) groups is 1. The van der Waals surface area contributed by atoms with E-state index in [4.69, 9.17) is 10.5 Å². The number of nitrogens with two attached hydrogens (primary N) is 1. The Bertz CT molecular complexity index is 1160. The van der Waals surface area contributed by atoms with Gasteiger partial charge in [-0.2, -0.15) is 0 Å². The zero-order chi connectivity index (χ0) is 22.2. The molecule has 1 aliphatic heterocycles. The van der Waals surface area contributed by atoms with Crippen molar-refractivity contribution >= 4 is 17.4 Å². The van der Waals surface area contributed by atoms with Crippen molar-refractivity contribution in [2.45, 2.75) is 18.5 Å². The van der Waals surface area contributed by atoms with Gasteiger partial charge in [0.15, 0.2) is 5.54 Å². The van der Waals surface area contributed by atoms with Crippen molar-refractivity contribution in [2.24, 2.45) is 10.7 Å². The van der Waals surface area contributed by atoms with Crippen molar-refractivity contribution in [3.05, 3.63) is 71.7 Å². The summed E-state index contributed by atoms with van der Waals surface area (Å²) in [5.74, 6) is -1.46. The Kier molecular flexibility index (Phi) is 5.09. The summed E-state index contributed by atoms with van der Waals surface area (Å²) in [5, 5.41) is 2.50. The van der Waals surface area contributed by atoms with Crippen molar-refractivity contribution in [2.75, 3.05) is 12.4 Å². The van der Waals surface area contributed by atoms with Crippen LogP contribution in [0.5, 0.6) is 5.88 Å². The maximum atomic E-state index is 14.7. The molecule has 160 valence electrons. The molecule has 0 radical (unpaired) electrons. The van der Waals surface area contributed by atoms with E-state index in [2.05, 4.69) is 20.3 Å². The van der Waals surface area contributed by atoms with Crippen LogP contribution < -0.4 is 15.8 Å². The van der Waals surface area contributed by atoms with Crippen molar-refractivity contribution < 1.29 is 22.7 Å². The molecule has 11 heteroatoms. The van der Waals surface area contributed by atoms with Crippen LogP contribution in [0, 0.1) is 5.82 Å². The highest BCUT2D eigenvalue weighted by molar-refractivity contribution is 6.02. The molecule has 31 heavy (non-hydrogen) atoms. The fourth-order valence-electron chi connectivity index (χ4n) is 3.40. The topological polar surface area (TPSA) is 107 Å². The van der Waals surface area contributed by atoms with Crippen LogP contribution in [-0.2, 0) is 12.1 Å². The summed E-state index contributed by atoms with van der Waals surface area (Å²) in [4.78, 5) is 24.2. The Morgan fingerprint density at radius 1 is 1.29 bits per heavy atom. The lowest BCUT2D eigenvalue weighted by Gasteiger charge is -2.34. The normalized spacial score (nSPS) is 17.8. The van der Waals surface area contributed by atoms with E-state index in [1.54, 1.807) is 18.3 Å². The van der Waals surface area contributed by atoms with Crippen LogP contribution >= 0.6 is 0 Å². The highest BCUT2D eigenvalue weighted by Gasteiger charge is 2.47. The second kappa shape index (κ2) is 7.74. The Morgan fingerprint density at radius 2 is 2.10 bits per heavy atom. The van der Waals surface area contributed by atoms with Gasteiger partial charge in [-0.15, -0.1) is 0 Å². The quantitative estimate of drug-likeness (QED) is 0.647. The number of hydrogen-bond acceptors (Lipinski definition) is 6. The van der Waals surface area contributed by atoms with Crippen LogP contribution in [0.4, 0.5) is 18.9 Å². The van der Waals surface area contributed by atoms with Crippen molar-refractivity contribution in [3.63, 3.8) is 0 Å². The first-order valence-corrected chi connectivity index (χ1v) is 9.10. The standard InChI is InChI=1S/C20H17F3N6O2/c1-31-16-9-25-14(8-26-16)18(30)27-11-4-5-13(21)12(7-11)20(19(22)23)10-29-6-2-3-15(29)17(24)28-20/h2-9,19H,10H2,1H3,(H2,24,28)(H,27,30)/t20-/m1/s1. The molecule has 0 spiro atoms. The summed E-state index contributed by atoms with van der Waals surface area (Å²) >= 11 is 0. The van der Waals surface area contributed by atoms with E-state index in [0.717, 1.165) is 12.1 Å². The number of anilines is 1. The molecule has 1 aromatic carbocycles. The summed E-state index contributed by atoms with van der Waals surface area (Å²) in [6.07, 6.45) is 0.957. The highest BCUT2D eigenvalue weighted by atomic mass is 19.3. The second-order valence-corrected chi connectivity index (χ2v) is 6.84. The number of halogens is 3. The fourth-order valence-corrected chi connectivity index (χ4v) is 3.40. The fraction of sp³-hybridized carbons (Fsp3) is 0.200. The van der Waals surface area contributed by atoms with Crippen LogP contribution in [0.1, 0.15) is 21.7 Å². The van der Waals surface area contributed by atoms with Gasteiger partial charge in [-0.05, 0) is 30.3 Å². The van der Waals surface area contributed by atoms with E-state index in [1.807, 2.05) is 0 Å². The molecule has 0 saturated carbocycles. The van der Waals surface area contributed by atoms with Crippen molar-refractivity contribution in [1.82, 2.24) is 14.5 Å². The lowest BCUT2D eigenvalue weighted by atomic mass is 9.88. The Balaban J connectivity index is 1.69. The van der Waals surface area contributed by atoms with E-state index in [9.17, 15) is 18.0 Å². The molecule has 2 aromatic heterocycles. The van der Waals surface area contributed by atoms with Gasteiger partial charge in [0.1, 0.15) is 17.3 Å². The van der Waals surface area contributed by atoms with E-state index < -0.39 is 23.7 Å². The number of rotatable bonds is 5. The van der Waals surface area contributed by atoms with E-state index in [0.29, 0.717) is 5.69 Å². The predicted molar refractivity (Wildman–Crippen MR) is 106 cm³/mol. The number of hydrogen-bond donors (Lipinski definition) is 2. The molecular weight excluding hydrogens is 413 g/mol. The molecule has 0 saturated heterocycles. The number of aliphatic imine (C=N–C) groups is 1. The Hall–Kier alpha value is -3.89. The molecule has 3 N–H and O–H groups in total. The zero-order valence-electron chi connectivity index (χ0n) is 16.2. The molecule has 0 bridgehead atoms. The van der Waals surface area contributed by atoms with Gasteiger partial charge in [-0.3, -0.25) is 4.79 Å². The van der Waals surface area contributed by atoms with Gasteiger partial charge in [0.25, 0.3) is 12.3 Å². The minimum absolute atomic E-state index is 0.0350. The minimum atomic E-state index is -3.06. The van der Waals surface area contributed by atoms with Crippen LogP contribution in [0.2, 0.25) is 0 Å². The average molecular weight is 430 g/mol. The molecule has 3 heterocycles. The number of fused-ring (bicyclic) bond motifs is 1. The minimum Gasteiger partial charge on any atom is -0.480 e. The zero-order valence-corrected chi connectivity index (χ0v) is 16.2. The summed E-state index contributed by atoms with van der Waals surface area (Å²) in [7, 11) is 1.40. The number of nitrogens with one attached hydrogen (secondary N) is 1. The molecule has 0 aliphatic carbocycles. The number of carbonyl (C=O) groups excluding carboxylic acids is 1. The lowest BCUT2D eigenvalue weighted by Crippen LogP contribution is -2.44. The molecule has 1 aliphatic rings. The summed E-state index contributed by atoms with van der Waals surface area (Å²) in [6.45, 7) is -0.314. The molecule has 1 atom stereocenters. The number of amidine groups is 1. The first-order chi connectivity index (χ1) is 14.8. The first-order valence-electron chi connectivity index (χ1n) is 9.10. The summed E-state index contributed by atoms with van der Waals surface area (Å²) < 4.78 is 49.7. The first kappa shape index (κ1) is 20.4. The molecule has 1 amide bonds. The third-order valence-corrected chi connectivity index (χ3v) is 4.94. The van der Waals surface area contributed by atoms with Gasteiger partial charge in [0.2, 0.25) is 5.88 Å². The predicted octanol–water partition coefficient (Wildman–Crippen LogP) is 2.56. The molecule has 4 rings (SSSR count). The van der Waals surface area contributed by atoms with E-state index in [-0.39, 0.29) is 35.2 Å². The third kappa shape index (κ3) is 3.58. The summed E-state index contributed by atoms with van der Waals surface area (Å²) in [5.41, 5.74) is 3.78. The van der Waals surface area contributed by atoms with Crippen LogP contribution in [0.3, 0.4) is 0 Å². The van der Waals surface area contributed by atoms with Crippen LogP contribution in [0.25, 0.3) is 0 Å². The van der Waals surface area contributed by atoms with Gasteiger partial charge in [-0.25, -0.2) is 28.1 Å². The number of ether oxygens (including phenoxy) is 1. The van der Waals surface area contributed by atoms with E-state index in [1.165, 1.54) is 30.1 Å². The molecule has 0 unspecified atom stereocenters. The second-order valence-electron chi connectivity index (χ2n) is 6.84. The SMILES string of the molecule is COc1cnc(C(=O)Nc2ccc(F)c([C@@]3(C(F)F)Cn4cccc4C(N)=N3)c2)cn1. The number of alkyl halides is 2. The molecule has 3 aromatic rings. The Labute approximate surface area is 174 Å². The average Bonchev–Trinajstić information content (AvgIpc) is 3.24. The lowest BCUT2D eigenvalue weighted by molar-refractivity contribution is 0.0387. The molecule has 0 fully saturated rings. The monoisotopic (exact) mass is 430 g/mol. The van der Waals surface area contributed by atoms with Crippen LogP contribution in [0.15, 0.2) is 53.9 Å². The van der Waals surface area contributed by atoms with Gasteiger partial charge in [0, 0.05) is 17.4 Å². The van der Waals surface area contributed by atoms with Gasteiger partial charge in [0.05, 0.1) is 31.7 Å². The van der Waals surface area contributed by atoms with Crippen LogP contribution in [-0.4, -0.2) is 39.8 Å². The molecule has 8 nitrogen and oxygen atoms in total. The number of benzene rings is 1. The maximum Gasteiger partial charge on any atom is 0.275 e. The number of methoxy groups -OCH3 is 1. The highest BCUT2D eigenvalue weighted by Crippen LogP contribution is 2.40. The maximum absolute atomic E-state index is 14.7. The van der Waals surface area contributed by atoms with Crippen molar-refractivity contribution in [1.29, 1.82) is 0 Å². The number of nitrogens with zero attached hydrogens (tertiary/aromatic N) is 4. The van der Waals surface area contributed by atoms with Gasteiger partial charge in [-0.1, -0.05) is 0 Å². The number of aromatic nitrogens is 3. The number of amides is 1. The Morgan fingerprint density at radius 3 is 2.77 bits per heavy atom. The van der Waals surface area contributed by atoms with Crippen molar-refractivity contribution in [3.8, 4) is 5.88 Å². The van der Waals surface area contributed by atoms with E-state index >= 15 is 0 Å². The van der Waals surface area contributed by atoms with Gasteiger partial charge >= 0.3 is 0 Å². The summed E-state index contributed by atoms with van der Waals surface area (Å²) in [6, 6.07) is 6.65. The molecular formula is C20H17F3N6O2. The van der Waals surface area contributed by atoms with Gasteiger partial charge < -0.3 is 20.4 Å². The largest absolute Gasteiger partial charge is 0.480 e. The smallest absolute Gasteiger partial charge is 0.275 e.